The molecule has 30 heavy (non-hydrogen) atoms. The molecular formula is C21H15Cl2NO5S. The smallest absolute Gasteiger partial charge is 0.340 e. The molecule has 2 amide bonds. The molecule has 9 heteroatoms. The maximum absolute atomic E-state index is 12.9. The molecule has 0 unspecified atom stereocenters. The summed E-state index contributed by atoms with van der Waals surface area (Å²) in [5.74, 6) is -0.727. The Morgan fingerprint density at radius 1 is 0.900 bits per heavy atom. The van der Waals surface area contributed by atoms with Crippen molar-refractivity contribution in [3.05, 3.63) is 64.7 Å². The number of allylic oxidation sites excluding steroid dienone is 2. The molecule has 0 aromatic heterocycles. The monoisotopic (exact) mass is 463 g/mol. The molecule has 4 atom stereocenters. The number of hydrogen-bond donors (Lipinski definition) is 0. The number of rotatable bonds is 4. The molecule has 1 saturated heterocycles. The first-order chi connectivity index (χ1) is 14.3. The molecule has 0 spiro atoms. The molecule has 5 rings (SSSR count). The number of nitrogens with zero attached hydrogens (tertiary/aromatic N) is 1. The van der Waals surface area contributed by atoms with Gasteiger partial charge in [0.05, 0.1) is 22.5 Å². The summed E-state index contributed by atoms with van der Waals surface area (Å²) in [6.45, 7) is 0. The van der Waals surface area contributed by atoms with Gasteiger partial charge >= 0.3 is 10.1 Å². The molecular weight excluding hydrogens is 449 g/mol. The maximum Gasteiger partial charge on any atom is 0.340 e. The first kappa shape index (κ1) is 19.6. The number of carbonyl (C=O) groups is 2. The van der Waals surface area contributed by atoms with Gasteiger partial charge in [0.2, 0.25) is 11.8 Å². The average molecular weight is 464 g/mol. The highest BCUT2D eigenvalue weighted by molar-refractivity contribution is 7.87. The van der Waals surface area contributed by atoms with Crippen LogP contribution >= 0.6 is 23.2 Å². The number of amides is 2. The lowest BCUT2D eigenvalue weighted by molar-refractivity contribution is -0.123. The van der Waals surface area contributed by atoms with Crippen LogP contribution in [0.25, 0.3) is 0 Å². The van der Waals surface area contributed by atoms with Crippen LogP contribution in [0.15, 0.2) is 59.5 Å². The van der Waals surface area contributed by atoms with E-state index in [1.165, 1.54) is 47.4 Å². The van der Waals surface area contributed by atoms with Gasteiger partial charge in [0.1, 0.15) is 10.6 Å². The minimum atomic E-state index is -4.21. The van der Waals surface area contributed by atoms with Crippen LogP contribution in [0.4, 0.5) is 5.69 Å². The van der Waals surface area contributed by atoms with Crippen LogP contribution in [0.1, 0.15) is 6.42 Å². The molecule has 1 saturated carbocycles. The Balaban J connectivity index is 1.38. The largest absolute Gasteiger partial charge is 0.379 e. The molecule has 6 nitrogen and oxygen atoms in total. The van der Waals surface area contributed by atoms with Crippen LogP contribution in [0.2, 0.25) is 10.0 Å². The molecule has 2 aromatic carbocycles. The second-order valence-corrected chi connectivity index (χ2v) is 9.98. The van der Waals surface area contributed by atoms with E-state index in [4.69, 9.17) is 27.4 Å². The molecule has 2 aromatic rings. The quantitative estimate of drug-likeness (QED) is 0.387. The molecule has 1 heterocycles. The first-order valence-electron chi connectivity index (χ1n) is 9.32. The zero-order valence-electron chi connectivity index (χ0n) is 15.4. The van der Waals surface area contributed by atoms with Crippen molar-refractivity contribution in [2.45, 2.75) is 11.3 Å². The highest BCUT2D eigenvalue weighted by Crippen LogP contribution is 2.53. The van der Waals surface area contributed by atoms with Crippen molar-refractivity contribution < 1.29 is 22.2 Å². The van der Waals surface area contributed by atoms with Crippen molar-refractivity contribution >= 4 is 50.8 Å². The van der Waals surface area contributed by atoms with Crippen molar-refractivity contribution in [1.29, 1.82) is 0 Å². The molecule has 2 bridgehead atoms. The van der Waals surface area contributed by atoms with Gasteiger partial charge in [0.15, 0.2) is 0 Å². The van der Waals surface area contributed by atoms with Gasteiger partial charge in [-0.3, -0.25) is 14.5 Å². The summed E-state index contributed by atoms with van der Waals surface area (Å²) >= 11 is 11.8. The van der Waals surface area contributed by atoms with Gasteiger partial charge in [-0.05, 0) is 60.7 Å². The summed E-state index contributed by atoms with van der Waals surface area (Å²) in [5, 5.41) is 0.191. The SMILES string of the molecule is O=C1[C@@H]2[C@@H](C(=O)N1c1ccc(OS(=O)(=O)c3cc(Cl)ccc3Cl)cc1)[C@H]1C=C[C@@H]2C1. The van der Waals surface area contributed by atoms with Crippen molar-refractivity contribution in [2.75, 3.05) is 4.90 Å². The fraction of sp³-hybridized carbons (Fsp3) is 0.238. The lowest BCUT2D eigenvalue weighted by Gasteiger charge is -2.17. The van der Waals surface area contributed by atoms with Crippen molar-refractivity contribution in [1.82, 2.24) is 0 Å². The van der Waals surface area contributed by atoms with Gasteiger partial charge in [0.25, 0.3) is 0 Å². The number of carbonyl (C=O) groups excluding carboxylic acids is 2. The zero-order chi connectivity index (χ0) is 21.2. The lowest BCUT2D eigenvalue weighted by atomic mass is 9.85. The molecule has 0 N–H and O–H groups in total. The number of imide groups is 1. The predicted octanol–water partition coefficient (Wildman–Crippen LogP) is 4.07. The fourth-order valence-corrected chi connectivity index (χ4v) is 6.32. The summed E-state index contributed by atoms with van der Waals surface area (Å²) in [4.78, 5) is 26.7. The summed E-state index contributed by atoms with van der Waals surface area (Å²) in [6.07, 6.45) is 4.92. The van der Waals surface area contributed by atoms with E-state index in [9.17, 15) is 18.0 Å². The van der Waals surface area contributed by atoms with Crippen LogP contribution in [-0.2, 0) is 19.7 Å². The third kappa shape index (κ3) is 2.95. The van der Waals surface area contributed by atoms with E-state index in [1.807, 2.05) is 12.2 Å². The van der Waals surface area contributed by atoms with Crippen LogP contribution in [0.3, 0.4) is 0 Å². The molecule has 2 fully saturated rings. The van der Waals surface area contributed by atoms with Crippen LogP contribution in [0, 0.1) is 23.7 Å². The molecule has 154 valence electrons. The summed E-state index contributed by atoms with van der Waals surface area (Å²) in [7, 11) is -4.21. The maximum atomic E-state index is 12.9. The van der Waals surface area contributed by atoms with E-state index < -0.39 is 10.1 Å². The minimum absolute atomic E-state index is 0.0148. The van der Waals surface area contributed by atoms with Crippen LogP contribution in [0.5, 0.6) is 5.75 Å². The molecule has 3 aliphatic rings. The van der Waals surface area contributed by atoms with E-state index >= 15 is 0 Å². The molecule has 2 aliphatic carbocycles. The van der Waals surface area contributed by atoms with E-state index in [-0.39, 0.29) is 56.2 Å². The van der Waals surface area contributed by atoms with Gasteiger partial charge in [-0.25, -0.2) is 0 Å². The second-order valence-electron chi connectivity index (χ2n) is 7.62. The third-order valence-electron chi connectivity index (χ3n) is 5.93. The number of anilines is 1. The van der Waals surface area contributed by atoms with Crippen molar-refractivity contribution in [3.8, 4) is 5.75 Å². The van der Waals surface area contributed by atoms with E-state index in [2.05, 4.69) is 0 Å². The second kappa shape index (κ2) is 6.83. The fourth-order valence-electron chi connectivity index (χ4n) is 4.65. The Morgan fingerprint density at radius 3 is 2.10 bits per heavy atom. The topological polar surface area (TPSA) is 80.8 Å². The average Bonchev–Trinajstić information content (AvgIpc) is 3.38. The summed E-state index contributed by atoms with van der Waals surface area (Å²) in [6, 6.07) is 9.83. The lowest BCUT2D eigenvalue weighted by Crippen LogP contribution is -2.32. The van der Waals surface area contributed by atoms with E-state index in [1.54, 1.807) is 0 Å². The third-order valence-corrected chi connectivity index (χ3v) is 7.90. The van der Waals surface area contributed by atoms with Gasteiger partial charge in [-0.15, -0.1) is 0 Å². The number of fused-ring (bicyclic) bond motifs is 5. The number of benzene rings is 2. The Hall–Kier alpha value is -2.35. The van der Waals surface area contributed by atoms with E-state index in [0.29, 0.717) is 5.69 Å². The Bertz CT molecular complexity index is 1180. The summed E-state index contributed by atoms with van der Waals surface area (Å²) < 4.78 is 30.2. The highest BCUT2D eigenvalue weighted by Gasteiger charge is 2.59. The molecule has 0 radical (unpaired) electrons. The Morgan fingerprint density at radius 2 is 1.50 bits per heavy atom. The molecule has 1 aliphatic heterocycles. The minimum Gasteiger partial charge on any atom is -0.379 e. The Kier molecular flexibility index (Phi) is 4.47. The van der Waals surface area contributed by atoms with Crippen molar-refractivity contribution in [3.63, 3.8) is 0 Å². The summed E-state index contributed by atoms with van der Waals surface area (Å²) in [5.41, 5.74) is 0.393. The first-order valence-corrected chi connectivity index (χ1v) is 11.5. The van der Waals surface area contributed by atoms with Crippen LogP contribution < -0.4 is 9.08 Å². The number of halogens is 2. The predicted molar refractivity (Wildman–Crippen MR) is 111 cm³/mol. The van der Waals surface area contributed by atoms with Gasteiger partial charge in [0, 0.05) is 5.02 Å². The van der Waals surface area contributed by atoms with E-state index in [0.717, 1.165) is 6.42 Å². The van der Waals surface area contributed by atoms with Gasteiger partial charge in [-0.1, -0.05) is 35.4 Å². The normalized spacial score (nSPS) is 27.1. The standard InChI is InChI=1S/C21H15Cl2NO5S/c22-13-3-8-16(23)17(10-13)30(27,28)29-15-6-4-14(5-7-15)24-20(25)18-11-1-2-12(9-11)19(18)21(24)26/h1-8,10-12,18-19H,9H2/t11-,12+,18-,19-/m0/s1. The van der Waals surface area contributed by atoms with Gasteiger partial charge in [-0.2, -0.15) is 8.42 Å². The van der Waals surface area contributed by atoms with Gasteiger partial charge < -0.3 is 4.18 Å². The zero-order valence-corrected chi connectivity index (χ0v) is 17.7. The highest BCUT2D eigenvalue weighted by atomic mass is 35.5. The van der Waals surface area contributed by atoms with Crippen LogP contribution in [-0.4, -0.2) is 20.2 Å². The van der Waals surface area contributed by atoms with Crippen molar-refractivity contribution in [2.24, 2.45) is 23.7 Å². The Labute approximate surface area is 183 Å². The number of hydrogen-bond acceptors (Lipinski definition) is 5.